The molecule has 0 aromatic carbocycles. The summed E-state index contributed by atoms with van der Waals surface area (Å²) in [6.07, 6.45) is -1.03. The Morgan fingerprint density at radius 2 is 2.55 bits per heavy atom. The van der Waals surface area contributed by atoms with E-state index in [0.717, 1.165) is 12.4 Å². The van der Waals surface area contributed by atoms with Gasteiger partial charge in [0, 0.05) is 18.5 Å². The highest BCUT2D eigenvalue weighted by Gasteiger charge is 1.98. The average Bonchev–Trinajstić information content (AvgIpc) is 2.25. The summed E-state index contributed by atoms with van der Waals surface area (Å²) in [5.74, 6) is -3.37. The van der Waals surface area contributed by atoms with E-state index >= 15 is 0 Å². The summed E-state index contributed by atoms with van der Waals surface area (Å²) in [6, 6.07) is 0. The minimum atomic E-state index is -3.38. The largest absolute Gasteiger partial charge is 0.257 e. The predicted octanol–water partition coefficient (Wildman–Crippen LogP) is 2.44. The van der Waals surface area contributed by atoms with Gasteiger partial charge in [0.15, 0.2) is 0 Å². The lowest BCUT2D eigenvalue weighted by molar-refractivity contribution is 0.632. The maximum absolute atomic E-state index is 7.84. The van der Waals surface area contributed by atoms with E-state index in [0.29, 0.717) is 0 Å². The monoisotopic (exact) mass is 223 g/mol. The van der Waals surface area contributed by atoms with Crippen LogP contribution in [0.15, 0.2) is 17.0 Å². The number of rotatable bonds is 2. The number of halogens is 1. The summed E-state index contributed by atoms with van der Waals surface area (Å²) in [5, 5.41) is 0. The van der Waals surface area contributed by atoms with Gasteiger partial charge >= 0.3 is 0 Å². The smallest absolute Gasteiger partial charge is 0.124 e. The fourth-order valence-corrected chi connectivity index (χ4v) is 0.710. The number of hydrogen-bond acceptors (Lipinski definition) is 2. The summed E-state index contributed by atoms with van der Waals surface area (Å²) in [5.41, 5.74) is -0.525. The lowest BCUT2D eigenvalue weighted by atomic mass is 10.1. The maximum Gasteiger partial charge on any atom is 0.124 e. The third kappa shape index (κ3) is 2.97. The zero-order valence-electron chi connectivity index (χ0n) is 14.4. The third-order valence-corrected chi connectivity index (χ3v) is 1.28. The van der Waals surface area contributed by atoms with E-state index in [1.807, 2.05) is 0 Å². The van der Waals surface area contributed by atoms with E-state index < -0.39 is 31.7 Å². The van der Waals surface area contributed by atoms with Crippen molar-refractivity contribution in [3.63, 3.8) is 0 Å². The first kappa shape index (κ1) is 2.52. The van der Waals surface area contributed by atoms with Gasteiger partial charge in [-0.1, -0.05) is 13.7 Å². The van der Waals surface area contributed by atoms with Crippen LogP contribution in [0.2, 0.25) is 0 Å². The molecule has 0 N–H and O–H groups in total. The molecule has 0 spiro atoms. The van der Waals surface area contributed by atoms with E-state index in [1.54, 1.807) is 0 Å². The van der Waals surface area contributed by atoms with E-state index in [1.165, 1.54) is 0 Å². The molecule has 1 aromatic rings. The van der Waals surface area contributed by atoms with Crippen molar-refractivity contribution in [2.24, 2.45) is 5.89 Å². The SMILES string of the molecule is [2H]C([2H])([2H])C([2H])(C([2H])([2H])[2H])C([2H])([2H])c1cnc(Br)cn1. The second kappa shape index (κ2) is 3.81. The molecule has 0 bridgehead atoms. The van der Waals surface area contributed by atoms with Crippen LogP contribution in [0.3, 0.4) is 0 Å². The lowest BCUT2D eigenvalue weighted by Gasteiger charge is -2.01. The van der Waals surface area contributed by atoms with Gasteiger partial charge < -0.3 is 0 Å². The van der Waals surface area contributed by atoms with Crippen molar-refractivity contribution in [1.29, 1.82) is 0 Å². The number of aromatic nitrogens is 2. The standard InChI is InChI=1S/C8H11BrN2/c1-6(2)3-7-4-11-8(9)5-10-7/h4-6H,3H2,1-2H3/i1D3,2D3,3D2,6D. The zero-order valence-corrected chi connectivity index (χ0v) is 7.01. The second-order valence-electron chi connectivity index (χ2n) is 1.72. The molecule has 0 fully saturated rings. The van der Waals surface area contributed by atoms with E-state index in [4.69, 9.17) is 12.3 Å². The molecule has 0 amide bonds. The van der Waals surface area contributed by atoms with Crippen molar-refractivity contribution in [3.05, 3.63) is 22.7 Å². The summed E-state index contributed by atoms with van der Waals surface area (Å²) in [6.45, 7) is -6.76. The maximum atomic E-state index is 7.84. The highest BCUT2D eigenvalue weighted by atomic mass is 79.9. The first-order valence-electron chi connectivity index (χ1n) is 7.23. The second-order valence-corrected chi connectivity index (χ2v) is 2.54. The van der Waals surface area contributed by atoms with Crippen LogP contribution in [0.1, 0.15) is 31.7 Å². The molecule has 3 heteroatoms. The van der Waals surface area contributed by atoms with E-state index in [2.05, 4.69) is 25.9 Å². The Balaban J connectivity index is 3.51. The van der Waals surface area contributed by atoms with Gasteiger partial charge in [0.05, 0.1) is 11.9 Å². The summed E-state index contributed by atoms with van der Waals surface area (Å²) in [4.78, 5) is 7.33. The molecule has 60 valence electrons. The molecule has 11 heavy (non-hydrogen) atoms. The summed E-state index contributed by atoms with van der Waals surface area (Å²) in [7, 11) is 0. The van der Waals surface area contributed by atoms with Gasteiger partial charge in [-0.3, -0.25) is 4.98 Å². The van der Waals surface area contributed by atoms with Gasteiger partial charge in [0.1, 0.15) is 4.60 Å². The molecule has 1 rings (SSSR count). The molecule has 0 radical (unpaired) electrons. The highest BCUT2D eigenvalue weighted by Crippen LogP contribution is 2.06. The zero-order chi connectivity index (χ0) is 16.0. The fourth-order valence-electron chi connectivity index (χ4n) is 0.505. The van der Waals surface area contributed by atoms with Gasteiger partial charge in [0.25, 0.3) is 0 Å². The lowest BCUT2D eigenvalue weighted by Crippen LogP contribution is -1.97. The molecule has 0 saturated heterocycles. The van der Waals surface area contributed by atoms with Crippen LogP contribution in [-0.4, -0.2) is 9.97 Å². The van der Waals surface area contributed by atoms with Crippen LogP contribution < -0.4 is 0 Å². The highest BCUT2D eigenvalue weighted by molar-refractivity contribution is 9.10. The molecule has 1 heterocycles. The third-order valence-electron chi connectivity index (χ3n) is 0.873. The minimum absolute atomic E-state index is 0.274. The predicted molar refractivity (Wildman–Crippen MR) is 48.3 cm³/mol. The Bertz CT molecular complexity index is 464. The van der Waals surface area contributed by atoms with Gasteiger partial charge in [0.2, 0.25) is 0 Å². The van der Waals surface area contributed by atoms with Crippen LogP contribution in [0, 0.1) is 5.89 Å². The summed E-state index contributed by atoms with van der Waals surface area (Å²) >= 11 is 2.98. The van der Waals surface area contributed by atoms with Crippen LogP contribution >= 0.6 is 15.9 Å². The van der Waals surface area contributed by atoms with Crippen LogP contribution in [-0.2, 0) is 6.37 Å². The molecular formula is C8H11BrN2. The van der Waals surface area contributed by atoms with Crippen molar-refractivity contribution in [2.75, 3.05) is 0 Å². The van der Waals surface area contributed by atoms with Crippen LogP contribution in [0.25, 0.3) is 0 Å². The quantitative estimate of drug-likeness (QED) is 0.771. The van der Waals surface area contributed by atoms with Crippen molar-refractivity contribution in [3.8, 4) is 0 Å². The van der Waals surface area contributed by atoms with Crippen molar-refractivity contribution < 1.29 is 12.3 Å². The van der Waals surface area contributed by atoms with E-state index in [9.17, 15) is 0 Å². The van der Waals surface area contributed by atoms with E-state index in [-0.39, 0.29) is 4.60 Å². The molecule has 0 aliphatic carbocycles. The minimum Gasteiger partial charge on any atom is -0.257 e. The van der Waals surface area contributed by atoms with Crippen LogP contribution in [0.5, 0.6) is 0 Å². The van der Waals surface area contributed by atoms with Gasteiger partial charge in [-0.25, -0.2) is 4.98 Å². The molecular weight excluding hydrogens is 204 g/mol. The van der Waals surface area contributed by atoms with Gasteiger partial charge in [-0.2, -0.15) is 0 Å². The molecule has 1 aromatic heterocycles. The molecule has 0 atom stereocenters. The van der Waals surface area contributed by atoms with Gasteiger partial charge in [-0.05, 0) is 28.2 Å². The first-order chi connectivity index (χ1) is 8.75. The topological polar surface area (TPSA) is 25.8 Å². The van der Waals surface area contributed by atoms with Crippen molar-refractivity contribution in [2.45, 2.75) is 20.1 Å². The molecule has 2 nitrogen and oxygen atoms in total. The summed E-state index contributed by atoms with van der Waals surface area (Å²) < 4.78 is 67.5. The normalized spacial score (nSPS) is 27.2. The first-order valence-corrected chi connectivity index (χ1v) is 3.52. The Labute approximate surface area is 87.8 Å². The fraction of sp³-hybridized carbons (Fsp3) is 0.500. The Morgan fingerprint density at radius 3 is 3.09 bits per heavy atom. The Morgan fingerprint density at radius 1 is 1.73 bits per heavy atom. The van der Waals surface area contributed by atoms with Gasteiger partial charge in [-0.15, -0.1) is 0 Å². The molecule has 0 unspecified atom stereocenters. The molecule has 0 saturated carbocycles. The van der Waals surface area contributed by atoms with Crippen molar-refractivity contribution >= 4 is 15.9 Å². The number of nitrogens with zero attached hydrogens (tertiary/aromatic N) is 2. The average molecular weight is 224 g/mol. The number of hydrogen-bond donors (Lipinski definition) is 0. The van der Waals surface area contributed by atoms with Crippen LogP contribution in [0.4, 0.5) is 0 Å². The molecule has 0 aliphatic heterocycles. The molecule has 0 aliphatic rings. The Kier molecular flexibility index (Phi) is 0.874. The van der Waals surface area contributed by atoms with Crippen molar-refractivity contribution in [1.82, 2.24) is 9.97 Å². The Hall–Kier alpha value is -0.440.